The summed E-state index contributed by atoms with van der Waals surface area (Å²) in [5.74, 6) is 1.60. The molecule has 104 valence electrons. The first-order valence-corrected chi connectivity index (χ1v) is 6.85. The third-order valence-electron chi connectivity index (χ3n) is 3.07. The third-order valence-corrected chi connectivity index (χ3v) is 3.37. The number of fused-ring (bicyclic) bond motifs is 1. The Hall–Kier alpha value is -1.94. The molecule has 0 radical (unpaired) electrons. The zero-order chi connectivity index (χ0) is 13.9. The number of ether oxygens (including phenoxy) is 2. The van der Waals surface area contributed by atoms with Crippen LogP contribution in [0.5, 0.6) is 11.5 Å². The van der Waals surface area contributed by atoms with Gasteiger partial charge in [0, 0.05) is 12.7 Å². The van der Waals surface area contributed by atoms with Crippen LogP contribution in [-0.2, 0) is 6.54 Å². The molecule has 2 heterocycles. The van der Waals surface area contributed by atoms with Gasteiger partial charge in [-0.15, -0.1) is 0 Å². The maximum Gasteiger partial charge on any atom is 0.161 e. The molecule has 3 rings (SSSR count). The predicted octanol–water partition coefficient (Wildman–Crippen LogP) is 3.43. The number of aryl methyl sites for hydroxylation is 1. The third kappa shape index (κ3) is 2.80. The van der Waals surface area contributed by atoms with Crippen molar-refractivity contribution in [2.45, 2.75) is 13.5 Å². The normalized spacial score (nSPS) is 13.1. The molecule has 0 atom stereocenters. The van der Waals surface area contributed by atoms with E-state index in [1.54, 1.807) is 6.20 Å². The lowest BCUT2D eigenvalue weighted by Crippen LogP contribution is -2.15. The Balaban J connectivity index is 1.73. The Morgan fingerprint density at radius 3 is 2.85 bits per heavy atom. The molecule has 0 saturated heterocycles. The van der Waals surface area contributed by atoms with Crippen molar-refractivity contribution in [3.05, 3.63) is 46.7 Å². The van der Waals surface area contributed by atoms with Crippen LogP contribution in [0.2, 0.25) is 5.15 Å². The molecular formula is C15H15ClN2O2. The minimum atomic E-state index is 0.480. The first kappa shape index (κ1) is 13.1. The molecule has 1 aromatic heterocycles. The van der Waals surface area contributed by atoms with Crippen LogP contribution in [-0.4, -0.2) is 18.2 Å². The van der Waals surface area contributed by atoms with Gasteiger partial charge in [0.15, 0.2) is 16.7 Å². The highest BCUT2D eigenvalue weighted by Crippen LogP contribution is 2.31. The summed E-state index contributed by atoms with van der Waals surface area (Å²) in [5, 5.41) is 3.77. The maximum absolute atomic E-state index is 6.06. The van der Waals surface area contributed by atoms with Crippen molar-refractivity contribution in [1.82, 2.24) is 4.98 Å². The summed E-state index contributed by atoms with van der Waals surface area (Å²) in [6.07, 6.45) is 1.75. The topological polar surface area (TPSA) is 43.4 Å². The Kier molecular flexibility index (Phi) is 3.65. The van der Waals surface area contributed by atoms with Gasteiger partial charge in [-0.1, -0.05) is 17.7 Å². The molecule has 0 bridgehead atoms. The van der Waals surface area contributed by atoms with Crippen LogP contribution in [0.3, 0.4) is 0 Å². The number of hydrogen-bond acceptors (Lipinski definition) is 4. The van der Waals surface area contributed by atoms with Crippen molar-refractivity contribution >= 4 is 17.3 Å². The fourth-order valence-electron chi connectivity index (χ4n) is 2.07. The van der Waals surface area contributed by atoms with E-state index in [-0.39, 0.29) is 0 Å². The van der Waals surface area contributed by atoms with E-state index in [0.29, 0.717) is 24.9 Å². The molecule has 1 aliphatic rings. The highest BCUT2D eigenvalue weighted by Gasteiger charge is 2.11. The van der Waals surface area contributed by atoms with Crippen LogP contribution >= 0.6 is 11.6 Å². The van der Waals surface area contributed by atoms with Gasteiger partial charge < -0.3 is 14.8 Å². The minimum Gasteiger partial charge on any atom is -0.486 e. The van der Waals surface area contributed by atoms with Gasteiger partial charge in [0.1, 0.15) is 13.2 Å². The summed E-state index contributed by atoms with van der Waals surface area (Å²) < 4.78 is 11.1. The quantitative estimate of drug-likeness (QED) is 0.880. The van der Waals surface area contributed by atoms with Crippen LogP contribution in [0.15, 0.2) is 30.5 Å². The summed E-state index contributed by atoms with van der Waals surface area (Å²) >= 11 is 6.06. The predicted molar refractivity (Wildman–Crippen MR) is 78.7 cm³/mol. The molecular weight excluding hydrogens is 276 g/mol. The zero-order valence-electron chi connectivity index (χ0n) is 11.1. The maximum atomic E-state index is 6.06. The van der Waals surface area contributed by atoms with Gasteiger partial charge in [-0.3, -0.25) is 0 Å². The van der Waals surface area contributed by atoms with Crippen LogP contribution in [0.25, 0.3) is 0 Å². The molecule has 0 amide bonds. The van der Waals surface area contributed by atoms with Crippen LogP contribution in [0.1, 0.15) is 11.1 Å². The average molecular weight is 291 g/mol. The molecule has 0 fully saturated rings. The first-order chi connectivity index (χ1) is 9.72. The van der Waals surface area contributed by atoms with Gasteiger partial charge >= 0.3 is 0 Å². The van der Waals surface area contributed by atoms with E-state index >= 15 is 0 Å². The number of hydrogen-bond donors (Lipinski definition) is 1. The van der Waals surface area contributed by atoms with Crippen molar-refractivity contribution in [3.63, 3.8) is 0 Å². The summed E-state index contributed by atoms with van der Waals surface area (Å²) in [6, 6.07) is 7.91. The molecule has 5 heteroatoms. The first-order valence-electron chi connectivity index (χ1n) is 6.47. The Morgan fingerprint density at radius 2 is 2.00 bits per heavy atom. The lowest BCUT2D eigenvalue weighted by molar-refractivity contribution is 0.171. The lowest BCUT2D eigenvalue weighted by atomic mass is 10.2. The SMILES string of the molecule is Cc1cnc(Cl)c(NCc2ccc3c(c2)OCCO3)c1. The molecule has 1 N–H and O–H groups in total. The number of anilines is 1. The van der Waals surface area contributed by atoms with E-state index in [9.17, 15) is 0 Å². The molecule has 0 saturated carbocycles. The monoisotopic (exact) mass is 290 g/mol. The summed E-state index contributed by atoms with van der Waals surface area (Å²) in [6.45, 7) is 3.84. The summed E-state index contributed by atoms with van der Waals surface area (Å²) in [4.78, 5) is 4.12. The van der Waals surface area contributed by atoms with Gasteiger partial charge in [-0.05, 0) is 36.2 Å². The van der Waals surface area contributed by atoms with E-state index in [0.717, 1.165) is 28.3 Å². The van der Waals surface area contributed by atoms with Gasteiger partial charge in [0.2, 0.25) is 0 Å². The van der Waals surface area contributed by atoms with Crippen molar-refractivity contribution in [3.8, 4) is 11.5 Å². The molecule has 2 aromatic rings. The number of pyridine rings is 1. The van der Waals surface area contributed by atoms with E-state index in [1.807, 2.05) is 31.2 Å². The van der Waals surface area contributed by atoms with Crippen LogP contribution in [0.4, 0.5) is 5.69 Å². The van der Waals surface area contributed by atoms with E-state index in [1.165, 1.54) is 0 Å². The second-order valence-electron chi connectivity index (χ2n) is 4.68. The van der Waals surface area contributed by atoms with Gasteiger partial charge in [0.25, 0.3) is 0 Å². The Morgan fingerprint density at radius 1 is 1.20 bits per heavy atom. The fraction of sp³-hybridized carbons (Fsp3) is 0.267. The molecule has 0 unspecified atom stereocenters. The number of nitrogens with one attached hydrogen (secondary N) is 1. The van der Waals surface area contributed by atoms with E-state index in [2.05, 4.69) is 10.3 Å². The highest BCUT2D eigenvalue weighted by atomic mass is 35.5. The summed E-state index contributed by atoms with van der Waals surface area (Å²) in [5.41, 5.74) is 3.01. The van der Waals surface area contributed by atoms with Gasteiger partial charge in [0.05, 0.1) is 5.69 Å². The number of nitrogens with zero attached hydrogens (tertiary/aromatic N) is 1. The standard InChI is InChI=1S/C15H15ClN2O2/c1-10-6-12(15(16)18-8-10)17-9-11-2-3-13-14(7-11)20-5-4-19-13/h2-3,6-8,17H,4-5,9H2,1H3. The smallest absolute Gasteiger partial charge is 0.161 e. The van der Waals surface area contributed by atoms with Gasteiger partial charge in [-0.25, -0.2) is 4.98 Å². The second kappa shape index (κ2) is 5.59. The van der Waals surface area contributed by atoms with Crippen LogP contribution in [0, 0.1) is 6.92 Å². The molecule has 1 aliphatic heterocycles. The molecule has 0 spiro atoms. The number of benzene rings is 1. The molecule has 20 heavy (non-hydrogen) atoms. The number of rotatable bonds is 3. The number of halogens is 1. The summed E-state index contributed by atoms with van der Waals surface area (Å²) in [7, 11) is 0. The van der Waals surface area contributed by atoms with E-state index in [4.69, 9.17) is 21.1 Å². The molecule has 1 aromatic carbocycles. The van der Waals surface area contributed by atoms with Crippen molar-refractivity contribution < 1.29 is 9.47 Å². The highest BCUT2D eigenvalue weighted by molar-refractivity contribution is 6.31. The Labute approximate surface area is 122 Å². The second-order valence-corrected chi connectivity index (χ2v) is 5.04. The minimum absolute atomic E-state index is 0.480. The lowest BCUT2D eigenvalue weighted by Gasteiger charge is -2.19. The van der Waals surface area contributed by atoms with Crippen molar-refractivity contribution in [2.75, 3.05) is 18.5 Å². The number of aromatic nitrogens is 1. The van der Waals surface area contributed by atoms with Crippen molar-refractivity contribution in [2.24, 2.45) is 0 Å². The van der Waals surface area contributed by atoms with Crippen LogP contribution < -0.4 is 14.8 Å². The molecule has 4 nitrogen and oxygen atoms in total. The largest absolute Gasteiger partial charge is 0.486 e. The average Bonchev–Trinajstić information content (AvgIpc) is 2.48. The zero-order valence-corrected chi connectivity index (χ0v) is 11.9. The van der Waals surface area contributed by atoms with E-state index < -0.39 is 0 Å². The van der Waals surface area contributed by atoms with Gasteiger partial charge in [-0.2, -0.15) is 0 Å². The Bertz CT molecular complexity index is 631. The molecule has 0 aliphatic carbocycles. The van der Waals surface area contributed by atoms with Crippen molar-refractivity contribution in [1.29, 1.82) is 0 Å². The fourth-order valence-corrected chi connectivity index (χ4v) is 2.24.